The molecule has 0 spiro atoms. The second-order valence-electron chi connectivity index (χ2n) is 10.1. The molecule has 6 nitrogen and oxygen atoms in total. The second-order valence-corrected chi connectivity index (χ2v) is 12.0. The Labute approximate surface area is 217 Å². The van der Waals surface area contributed by atoms with Gasteiger partial charge in [-0.1, -0.05) is 67.1 Å². The normalized spacial score (nSPS) is 23.4. The van der Waals surface area contributed by atoms with E-state index < -0.39 is 10.0 Å². The minimum Gasteiger partial charge on any atom is -0.470 e. The Morgan fingerprint density at radius 1 is 0.946 bits per heavy atom. The minimum atomic E-state index is -3.78. The first-order valence-corrected chi connectivity index (χ1v) is 14.2. The van der Waals surface area contributed by atoms with Crippen molar-refractivity contribution in [3.8, 4) is 5.88 Å². The zero-order valence-electron chi connectivity index (χ0n) is 21.2. The number of hydrogen-bond acceptors (Lipinski definition) is 4. The summed E-state index contributed by atoms with van der Waals surface area (Å²) in [6.07, 6.45) is 0.209. The number of sulfonamides is 1. The Kier molecular flexibility index (Phi) is 5.73. The lowest BCUT2D eigenvalue weighted by atomic mass is 9.76. The van der Waals surface area contributed by atoms with Crippen LogP contribution in [-0.4, -0.2) is 29.9 Å². The largest absolute Gasteiger partial charge is 0.470 e. The van der Waals surface area contributed by atoms with E-state index in [9.17, 15) is 13.2 Å². The summed E-state index contributed by atoms with van der Waals surface area (Å²) in [5, 5.41) is 0.624. The number of aromatic nitrogens is 1. The average Bonchev–Trinajstić information content (AvgIpc) is 3.32. The maximum absolute atomic E-state index is 14.0. The van der Waals surface area contributed by atoms with Gasteiger partial charge >= 0.3 is 0 Å². The van der Waals surface area contributed by atoms with E-state index in [1.54, 1.807) is 16.4 Å². The van der Waals surface area contributed by atoms with Crippen molar-refractivity contribution in [2.24, 2.45) is 13.0 Å². The lowest BCUT2D eigenvalue weighted by Crippen LogP contribution is -2.39. The minimum absolute atomic E-state index is 0.0711. The number of ether oxygens (including phenoxy) is 1. The topological polar surface area (TPSA) is 68.6 Å². The van der Waals surface area contributed by atoms with Gasteiger partial charge in [0.2, 0.25) is 15.9 Å². The van der Waals surface area contributed by atoms with Crippen LogP contribution in [0.15, 0.2) is 88.6 Å². The molecule has 1 fully saturated rings. The lowest BCUT2D eigenvalue weighted by Gasteiger charge is -2.38. The molecule has 7 heteroatoms. The smallest absolute Gasteiger partial charge is 0.243 e. The van der Waals surface area contributed by atoms with E-state index in [0.29, 0.717) is 23.3 Å². The summed E-state index contributed by atoms with van der Waals surface area (Å²) < 4.78 is 38.2. The van der Waals surface area contributed by atoms with Crippen LogP contribution in [0.4, 0.5) is 0 Å². The molecule has 0 saturated carbocycles. The van der Waals surface area contributed by atoms with Gasteiger partial charge in [0.25, 0.3) is 0 Å². The Morgan fingerprint density at radius 2 is 1.62 bits per heavy atom. The Balaban J connectivity index is 1.58. The van der Waals surface area contributed by atoms with Gasteiger partial charge in [0.1, 0.15) is 6.10 Å². The van der Waals surface area contributed by atoms with Crippen LogP contribution in [0.2, 0.25) is 0 Å². The van der Waals surface area contributed by atoms with Crippen LogP contribution in [0.1, 0.15) is 42.1 Å². The molecule has 0 amide bonds. The van der Waals surface area contributed by atoms with Crippen molar-refractivity contribution in [2.75, 3.05) is 6.54 Å². The molecule has 190 valence electrons. The molecule has 6 rings (SSSR count). The standard InChI is InChI=1S/C30H30N2O4S/c1-4-24-26-23(18-32(24)37(34,35)21-16-14-19(2)15-17-21)29(20-10-6-5-7-11-20)36-30-27(26)28(33)22-12-8-9-13-25(22)31(30)3/h5-17,23-24,26,29H,4,18H2,1-3H3/t23-,24?,26+,29?/m1/s1. The number of aryl methyl sites for hydroxylation is 2. The number of para-hydroxylation sites is 1. The molecule has 0 aliphatic carbocycles. The van der Waals surface area contributed by atoms with Crippen molar-refractivity contribution in [3.63, 3.8) is 0 Å². The summed E-state index contributed by atoms with van der Waals surface area (Å²) in [6, 6.07) is 24.1. The quantitative estimate of drug-likeness (QED) is 0.377. The Hall–Kier alpha value is -3.42. The fourth-order valence-corrected chi connectivity index (χ4v) is 8.04. The van der Waals surface area contributed by atoms with Crippen LogP contribution < -0.4 is 10.2 Å². The van der Waals surface area contributed by atoms with E-state index in [4.69, 9.17) is 4.74 Å². The van der Waals surface area contributed by atoms with E-state index in [0.717, 1.165) is 16.6 Å². The number of benzene rings is 3. The van der Waals surface area contributed by atoms with Crippen molar-refractivity contribution >= 4 is 20.9 Å². The Morgan fingerprint density at radius 3 is 2.32 bits per heavy atom. The predicted molar refractivity (Wildman–Crippen MR) is 144 cm³/mol. The Bertz CT molecular complexity index is 1650. The van der Waals surface area contributed by atoms with Crippen LogP contribution in [0.25, 0.3) is 10.9 Å². The number of rotatable bonds is 4. The van der Waals surface area contributed by atoms with Crippen LogP contribution in [0, 0.1) is 12.8 Å². The molecule has 0 radical (unpaired) electrons. The number of nitrogens with zero attached hydrogens (tertiary/aromatic N) is 2. The molecule has 1 aromatic heterocycles. The summed E-state index contributed by atoms with van der Waals surface area (Å²) in [5.41, 5.74) is 3.30. The van der Waals surface area contributed by atoms with Crippen molar-refractivity contribution in [2.45, 2.75) is 43.2 Å². The molecule has 4 atom stereocenters. The van der Waals surface area contributed by atoms with E-state index in [1.807, 2.05) is 92.2 Å². The highest BCUT2D eigenvalue weighted by atomic mass is 32.2. The SMILES string of the molecule is CCC1[C@H]2c3c(n(C)c4ccccc4c3=O)OC(c3ccccc3)[C@@H]2CN1S(=O)(=O)c1ccc(C)cc1. The van der Waals surface area contributed by atoms with Gasteiger partial charge < -0.3 is 9.30 Å². The van der Waals surface area contributed by atoms with Gasteiger partial charge in [-0.25, -0.2) is 8.42 Å². The van der Waals surface area contributed by atoms with Crippen LogP contribution >= 0.6 is 0 Å². The molecule has 2 unspecified atom stereocenters. The molecule has 3 heterocycles. The molecule has 3 aromatic carbocycles. The molecule has 0 N–H and O–H groups in total. The summed E-state index contributed by atoms with van der Waals surface area (Å²) in [5.74, 6) is 0.0447. The van der Waals surface area contributed by atoms with Gasteiger partial charge in [0, 0.05) is 36.9 Å². The summed E-state index contributed by atoms with van der Waals surface area (Å²) in [6.45, 7) is 4.23. The lowest BCUT2D eigenvalue weighted by molar-refractivity contribution is 0.0960. The van der Waals surface area contributed by atoms with Crippen molar-refractivity contribution < 1.29 is 13.2 Å². The first-order chi connectivity index (χ1) is 17.8. The average molecular weight is 515 g/mol. The van der Waals surface area contributed by atoms with Crippen molar-refractivity contribution in [1.29, 1.82) is 0 Å². The summed E-state index contributed by atoms with van der Waals surface area (Å²) in [7, 11) is -1.86. The first kappa shape index (κ1) is 23.9. The number of hydrogen-bond donors (Lipinski definition) is 0. The van der Waals surface area contributed by atoms with Crippen LogP contribution in [0.3, 0.4) is 0 Å². The third-order valence-corrected chi connectivity index (χ3v) is 9.97. The van der Waals surface area contributed by atoms with Crippen LogP contribution in [0.5, 0.6) is 5.88 Å². The highest BCUT2D eigenvalue weighted by Gasteiger charge is 2.55. The van der Waals surface area contributed by atoms with E-state index >= 15 is 0 Å². The zero-order valence-corrected chi connectivity index (χ0v) is 22.0. The predicted octanol–water partition coefficient (Wildman–Crippen LogP) is 5.16. The zero-order chi connectivity index (χ0) is 25.9. The monoisotopic (exact) mass is 514 g/mol. The fraction of sp³-hybridized carbons (Fsp3) is 0.300. The van der Waals surface area contributed by atoms with Gasteiger partial charge in [-0.05, 0) is 43.2 Å². The highest BCUT2D eigenvalue weighted by Crippen LogP contribution is 2.53. The van der Waals surface area contributed by atoms with E-state index in [-0.39, 0.29) is 40.9 Å². The molecular weight excluding hydrogens is 484 g/mol. The summed E-state index contributed by atoms with van der Waals surface area (Å²) in [4.78, 5) is 14.3. The van der Waals surface area contributed by atoms with Gasteiger partial charge in [-0.15, -0.1) is 0 Å². The molecular formula is C30H30N2O4S. The van der Waals surface area contributed by atoms with E-state index in [1.165, 1.54) is 0 Å². The fourth-order valence-electron chi connectivity index (χ4n) is 6.28. The maximum Gasteiger partial charge on any atom is 0.243 e. The van der Waals surface area contributed by atoms with Gasteiger partial charge in [0.15, 0.2) is 5.43 Å². The molecule has 4 aromatic rings. The highest BCUT2D eigenvalue weighted by molar-refractivity contribution is 7.89. The van der Waals surface area contributed by atoms with Gasteiger partial charge in [0.05, 0.1) is 16.0 Å². The second kappa shape index (κ2) is 8.85. The maximum atomic E-state index is 14.0. The number of pyridine rings is 1. The van der Waals surface area contributed by atoms with E-state index in [2.05, 4.69) is 0 Å². The first-order valence-electron chi connectivity index (χ1n) is 12.7. The van der Waals surface area contributed by atoms with Crippen molar-refractivity contribution in [3.05, 3.63) is 106 Å². The van der Waals surface area contributed by atoms with Gasteiger partial charge in [-0.3, -0.25) is 4.79 Å². The third-order valence-electron chi connectivity index (χ3n) is 8.06. The summed E-state index contributed by atoms with van der Waals surface area (Å²) >= 11 is 0. The molecule has 2 aliphatic heterocycles. The third kappa shape index (κ3) is 3.63. The molecule has 0 bridgehead atoms. The molecule has 2 aliphatic rings. The van der Waals surface area contributed by atoms with Crippen molar-refractivity contribution in [1.82, 2.24) is 8.87 Å². The number of fused-ring (bicyclic) bond motifs is 4. The molecule has 1 saturated heterocycles. The molecule has 37 heavy (non-hydrogen) atoms. The van der Waals surface area contributed by atoms with Crippen LogP contribution in [-0.2, 0) is 17.1 Å². The van der Waals surface area contributed by atoms with Gasteiger partial charge in [-0.2, -0.15) is 4.31 Å².